The Bertz CT molecular complexity index is 1370. The monoisotopic (exact) mass is 522 g/mol. The molecule has 0 aliphatic rings. The van der Waals surface area contributed by atoms with Gasteiger partial charge in [0.05, 0.1) is 18.4 Å². The van der Waals surface area contributed by atoms with E-state index < -0.39 is 5.97 Å². The highest BCUT2D eigenvalue weighted by atomic mass is 16.5. The third-order valence-electron chi connectivity index (χ3n) is 5.68. The van der Waals surface area contributed by atoms with Crippen LogP contribution in [0.15, 0.2) is 108 Å². The van der Waals surface area contributed by atoms with E-state index in [1.54, 1.807) is 48.5 Å². The molecule has 4 aromatic rings. The van der Waals surface area contributed by atoms with Crippen molar-refractivity contribution in [2.24, 2.45) is 5.10 Å². The molecule has 0 aliphatic heterocycles. The topological polar surface area (TPSA) is 86.2 Å². The van der Waals surface area contributed by atoms with E-state index in [2.05, 4.69) is 17.5 Å². The van der Waals surface area contributed by atoms with E-state index in [1.165, 1.54) is 6.21 Å². The van der Waals surface area contributed by atoms with Crippen LogP contribution in [0.1, 0.15) is 35.7 Å². The number of benzene rings is 4. The minimum Gasteiger partial charge on any atom is -0.494 e. The fourth-order valence-corrected chi connectivity index (χ4v) is 3.54. The molecule has 0 fully saturated rings. The van der Waals surface area contributed by atoms with Crippen molar-refractivity contribution in [3.8, 4) is 28.4 Å². The molecule has 0 atom stereocenters. The number of ether oxygens (including phenoxy) is 3. The first kappa shape index (κ1) is 27.1. The van der Waals surface area contributed by atoms with E-state index in [9.17, 15) is 9.59 Å². The summed E-state index contributed by atoms with van der Waals surface area (Å²) in [7, 11) is 0. The Morgan fingerprint density at radius 1 is 0.744 bits per heavy atom. The van der Waals surface area contributed by atoms with Crippen LogP contribution in [0, 0.1) is 0 Å². The summed E-state index contributed by atoms with van der Waals surface area (Å²) in [5.41, 5.74) is 5.77. The lowest BCUT2D eigenvalue weighted by atomic mass is 10.1. The molecule has 0 heterocycles. The van der Waals surface area contributed by atoms with Gasteiger partial charge in [0.25, 0.3) is 5.91 Å². The Morgan fingerprint density at radius 3 is 2.05 bits per heavy atom. The number of hydrogen-bond donors (Lipinski definition) is 1. The molecule has 7 nitrogen and oxygen atoms in total. The molecule has 0 unspecified atom stereocenters. The molecule has 39 heavy (non-hydrogen) atoms. The Kier molecular flexibility index (Phi) is 9.84. The van der Waals surface area contributed by atoms with E-state index >= 15 is 0 Å². The van der Waals surface area contributed by atoms with Crippen LogP contribution in [0.4, 0.5) is 0 Å². The predicted octanol–water partition coefficient (Wildman–Crippen LogP) is 6.28. The number of hydrazone groups is 1. The van der Waals surface area contributed by atoms with Crippen molar-refractivity contribution >= 4 is 18.1 Å². The van der Waals surface area contributed by atoms with Crippen LogP contribution in [-0.4, -0.2) is 31.3 Å². The van der Waals surface area contributed by atoms with E-state index in [0.29, 0.717) is 23.7 Å². The molecule has 0 saturated heterocycles. The molecule has 198 valence electrons. The van der Waals surface area contributed by atoms with Crippen molar-refractivity contribution in [1.82, 2.24) is 5.43 Å². The number of carbonyl (C=O) groups excluding carboxylic acids is 2. The van der Waals surface area contributed by atoms with Gasteiger partial charge in [0.2, 0.25) is 0 Å². The van der Waals surface area contributed by atoms with E-state index in [-0.39, 0.29) is 12.5 Å². The molecule has 0 aromatic heterocycles. The number of nitrogens with one attached hydrogen (secondary N) is 1. The second-order valence-corrected chi connectivity index (χ2v) is 8.66. The molecule has 0 radical (unpaired) electrons. The molecule has 0 saturated carbocycles. The smallest absolute Gasteiger partial charge is 0.343 e. The molecule has 0 aliphatic carbocycles. The van der Waals surface area contributed by atoms with Gasteiger partial charge in [0, 0.05) is 0 Å². The van der Waals surface area contributed by atoms with Crippen molar-refractivity contribution in [1.29, 1.82) is 0 Å². The molecule has 4 rings (SSSR count). The molecule has 0 bridgehead atoms. The van der Waals surface area contributed by atoms with Gasteiger partial charge in [-0.15, -0.1) is 0 Å². The molecular formula is C32H30N2O5. The van der Waals surface area contributed by atoms with Crippen LogP contribution < -0.4 is 19.6 Å². The van der Waals surface area contributed by atoms with Gasteiger partial charge in [-0.3, -0.25) is 4.79 Å². The van der Waals surface area contributed by atoms with Crippen molar-refractivity contribution in [2.75, 3.05) is 13.2 Å². The number of amides is 1. The van der Waals surface area contributed by atoms with Gasteiger partial charge in [0.1, 0.15) is 17.2 Å². The number of unbranched alkanes of at least 4 members (excludes halogenated alkanes) is 1. The first-order valence-corrected chi connectivity index (χ1v) is 12.8. The Morgan fingerprint density at radius 2 is 1.36 bits per heavy atom. The van der Waals surface area contributed by atoms with Crippen LogP contribution in [0.5, 0.6) is 17.2 Å². The summed E-state index contributed by atoms with van der Waals surface area (Å²) < 4.78 is 16.6. The fourth-order valence-electron chi connectivity index (χ4n) is 3.54. The van der Waals surface area contributed by atoms with Crippen molar-refractivity contribution in [2.45, 2.75) is 19.8 Å². The Labute approximate surface area is 228 Å². The predicted molar refractivity (Wildman–Crippen MR) is 151 cm³/mol. The van der Waals surface area contributed by atoms with E-state index in [0.717, 1.165) is 35.3 Å². The number of rotatable bonds is 12. The zero-order chi connectivity index (χ0) is 27.3. The minimum absolute atomic E-state index is 0.164. The molecular weight excluding hydrogens is 492 g/mol. The third kappa shape index (κ3) is 8.57. The number of hydrogen-bond acceptors (Lipinski definition) is 6. The third-order valence-corrected chi connectivity index (χ3v) is 5.68. The summed E-state index contributed by atoms with van der Waals surface area (Å²) in [5.74, 6) is 0.871. The highest BCUT2D eigenvalue weighted by Gasteiger charge is 2.09. The van der Waals surface area contributed by atoms with Gasteiger partial charge in [0.15, 0.2) is 6.61 Å². The average Bonchev–Trinajstić information content (AvgIpc) is 2.98. The van der Waals surface area contributed by atoms with Gasteiger partial charge in [-0.25, -0.2) is 10.2 Å². The second kappa shape index (κ2) is 14.1. The first-order valence-electron chi connectivity index (χ1n) is 12.8. The van der Waals surface area contributed by atoms with Crippen LogP contribution >= 0.6 is 0 Å². The van der Waals surface area contributed by atoms with Crippen LogP contribution in [-0.2, 0) is 4.79 Å². The van der Waals surface area contributed by atoms with E-state index in [4.69, 9.17) is 14.2 Å². The zero-order valence-corrected chi connectivity index (χ0v) is 21.7. The van der Waals surface area contributed by atoms with E-state index in [1.807, 2.05) is 54.6 Å². The van der Waals surface area contributed by atoms with Gasteiger partial charge < -0.3 is 14.2 Å². The summed E-state index contributed by atoms with van der Waals surface area (Å²) in [5, 5.41) is 3.96. The SMILES string of the molecule is CCCCOc1ccc(C(=O)Oc2ccc(C=NNC(=O)COc3ccc(-c4ccccc4)cc3)cc2)cc1. The van der Waals surface area contributed by atoms with Crippen molar-refractivity contribution < 1.29 is 23.8 Å². The van der Waals surface area contributed by atoms with Gasteiger partial charge in [-0.05, 0) is 83.8 Å². The molecule has 4 aromatic carbocycles. The molecule has 0 spiro atoms. The highest BCUT2D eigenvalue weighted by molar-refractivity contribution is 5.91. The summed E-state index contributed by atoms with van der Waals surface area (Å²) >= 11 is 0. The summed E-state index contributed by atoms with van der Waals surface area (Å²) in [4.78, 5) is 24.5. The highest BCUT2D eigenvalue weighted by Crippen LogP contribution is 2.22. The first-order chi connectivity index (χ1) is 19.1. The van der Waals surface area contributed by atoms with Crippen molar-refractivity contribution in [3.63, 3.8) is 0 Å². The molecule has 1 amide bonds. The normalized spacial score (nSPS) is 10.7. The zero-order valence-electron chi connectivity index (χ0n) is 21.7. The van der Waals surface area contributed by atoms with Crippen LogP contribution in [0.2, 0.25) is 0 Å². The largest absolute Gasteiger partial charge is 0.494 e. The molecule has 7 heteroatoms. The number of nitrogens with zero attached hydrogens (tertiary/aromatic N) is 1. The van der Waals surface area contributed by atoms with Gasteiger partial charge in [-0.1, -0.05) is 55.8 Å². The van der Waals surface area contributed by atoms with Crippen LogP contribution in [0.25, 0.3) is 11.1 Å². The van der Waals surface area contributed by atoms with Gasteiger partial charge in [-0.2, -0.15) is 5.10 Å². The fraction of sp³-hybridized carbons (Fsp3) is 0.156. The van der Waals surface area contributed by atoms with Gasteiger partial charge >= 0.3 is 5.97 Å². The second-order valence-electron chi connectivity index (χ2n) is 8.66. The summed E-state index contributed by atoms with van der Waals surface area (Å²) in [6.45, 7) is 2.59. The Balaban J connectivity index is 1.19. The van der Waals surface area contributed by atoms with Crippen molar-refractivity contribution in [3.05, 3.63) is 114 Å². The summed E-state index contributed by atoms with van der Waals surface area (Å²) in [6.07, 6.45) is 3.54. The number of carbonyl (C=O) groups is 2. The minimum atomic E-state index is -0.460. The van der Waals surface area contributed by atoms with Crippen LogP contribution in [0.3, 0.4) is 0 Å². The lowest BCUT2D eigenvalue weighted by molar-refractivity contribution is -0.123. The standard InChI is InChI=1S/C32H30N2O5/c1-2-3-21-37-28-19-13-27(14-20-28)32(36)39-30-15-9-24(10-16-30)22-33-34-31(35)23-38-29-17-11-26(12-18-29)25-7-5-4-6-8-25/h4-20,22H,2-3,21,23H2,1H3,(H,34,35). The lowest BCUT2D eigenvalue weighted by Crippen LogP contribution is -2.24. The quantitative estimate of drug-likeness (QED) is 0.0778. The lowest BCUT2D eigenvalue weighted by Gasteiger charge is -2.07. The maximum absolute atomic E-state index is 12.4. The maximum atomic E-state index is 12.4. The maximum Gasteiger partial charge on any atom is 0.343 e. The average molecular weight is 523 g/mol. The molecule has 1 N–H and O–H groups in total. The Hall–Kier alpha value is -4.91. The summed E-state index contributed by atoms with van der Waals surface area (Å²) in [6, 6.07) is 31.2. The number of esters is 1.